The van der Waals surface area contributed by atoms with Crippen molar-refractivity contribution < 1.29 is 9.53 Å². The number of nitrogen functional groups attached to an aromatic ring is 1. The van der Waals surface area contributed by atoms with E-state index in [4.69, 9.17) is 15.5 Å². The molecule has 0 bridgehead atoms. The first-order chi connectivity index (χ1) is 17.4. The average Bonchev–Trinajstić information content (AvgIpc) is 2.88. The van der Waals surface area contributed by atoms with Gasteiger partial charge in [0, 0.05) is 18.2 Å². The molecule has 1 amide bonds. The second kappa shape index (κ2) is 9.93. The van der Waals surface area contributed by atoms with Crippen LogP contribution in [-0.4, -0.2) is 27.2 Å². The van der Waals surface area contributed by atoms with Gasteiger partial charge in [0.05, 0.1) is 5.71 Å². The van der Waals surface area contributed by atoms with Gasteiger partial charge in [0.1, 0.15) is 11.9 Å². The lowest BCUT2D eigenvalue weighted by atomic mass is 9.81. The van der Waals surface area contributed by atoms with Gasteiger partial charge >= 0.3 is 0 Å². The topological polar surface area (TPSA) is 102 Å². The molecular formula is C29H31N5O2. The fourth-order valence-corrected chi connectivity index (χ4v) is 4.90. The standard InChI is InChI=1S/C29H31N5O2/c1-29(2)26(34-25-27(30)32-18-33-28(25)36-29)23-14-12-22(13-15-23)21-10-8-19(9-11-21)16-24(35)31-17-20-6-4-3-5-7-20/h3-7,12-16,18,21H,8-11,17H2,1-2H3,(H,31,35)(H2,30,32,33). The first-order valence-electron chi connectivity index (χ1n) is 12.4. The van der Waals surface area contributed by atoms with Crippen LogP contribution in [0.25, 0.3) is 0 Å². The molecule has 5 rings (SSSR count). The number of anilines is 1. The fraction of sp³-hybridized carbons (Fsp3) is 0.310. The molecule has 7 nitrogen and oxygen atoms in total. The van der Waals surface area contributed by atoms with E-state index in [0.717, 1.165) is 42.5 Å². The van der Waals surface area contributed by atoms with E-state index in [0.29, 0.717) is 29.8 Å². The Morgan fingerprint density at radius 2 is 1.81 bits per heavy atom. The summed E-state index contributed by atoms with van der Waals surface area (Å²) in [5, 5.41) is 2.99. The maximum Gasteiger partial charge on any atom is 0.246 e. The number of ether oxygens (including phenoxy) is 1. The van der Waals surface area contributed by atoms with Crippen LogP contribution in [0.3, 0.4) is 0 Å². The Morgan fingerprint density at radius 3 is 2.53 bits per heavy atom. The van der Waals surface area contributed by atoms with E-state index in [9.17, 15) is 4.79 Å². The van der Waals surface area contributed by atoms with Gasteiger partial charge in [0.25, 0.3) is 0 Å². The number of hydrogen-bond donors (Lipinski definition) is 2. The summed E-state index contributed by atoms with van der Waals surface area (Å²) in [4.78, 5) is 25.3. The molecule has 0 radical (unpaired) electrons. The summed E-state index contributed by atoms with van der Waals surface area (Å²) in [6.45, 7) is 4.51. The van der Waals surface area contributed by atoms with Gasteiger partial charge < -0.3 is 15.8 Å². The van der Waals surface area contributed by atoms with Gasteiger partial charge in [-0.3, -0.25) is 4.79 Å². The van der Waals surface area contributed by atoms with Gasteiger partial charge in [0.2, 0.25) is 11.8 Å². The van der Waals surface area contributed by atoms with Crippen molar-refractivity contribution >= 4 is 23.1 Å². The average molecular weight is 482 g/mol. The summed E-state index contributed by atoms with van der Waals surface area (Å²) < 4.78 is 6.10. The summed E-state index contributed by atoms with van der Waals surface area (Å²) in [5.74, 6) is 1.19. The van der Waals surface area contributed by atoms with Gasteiger partial charge in [-0.15, -0.1) is 0 Å². The van der Waals surface area contributed by atoms with Crippen LogP contribution in [0.4, 0.5) is 11.5 Å². The van der Waals surface area contributed by atoms with Crippen molar-refractivity contribution in [1.82, 2.24) is 15.3 Å². The molecule has 2 aromatic carbocycles. The Morgan fingerprint density at radius 1 is 1.08 bits per heavy atom. The van der Waals surface area contributed by atoms with Gasteiger partial charge in [-0.05, 0) is 56.6 Å². The van der Waals surface area contributed by atoms with Crippen LogP contribution in [0.1, 0.15) is 62.1 Å². The molecule has 3 N–H and O–H groups in total. The molecule has 2 heterocycles. The zero-order valence-electron chi connectivity index (χ0n) is 20.7. The number of nitrogens with two attached hydrogens (primary N) is 1. The molecule has 1 aliphatic carbocycles. The Balaban J connectivity index is 1.22. The predicted octanol–water partition coefficient (Wildman–Crippen LogP) is 5.25. The molecule has 0 atom stereocenters. The number of benzene rings is 2. The van der Waals surface area contributed by atoms with E-state index in [1.54, 1.807) is 6.08 Å². The number of rotatable bonds is 5. The zero-order valence-corrected chi connectivity index (χ0v) is 20.7. The van der Waals surface area contributed by atoms with Crippen molar-refractivity contribution in [2.75, 3.05) is 5.73 Å². The maximum atomic E-state index is 12.3. The van der Waals surface area contributed by atoms with Gasteiger partial charge in [-0.2, -0.15) is 4.98 Å². The van der Waals surface area contributed by atoms with Crippen molar-refractivity contribution in [3.63, 3.8) is 0 Å². The Labute approximate surface area is 211 Å². The van der Waals surface area contributed by atoms with Crippen molar-refractivity contribution in [2.45, 2.75) is 57.6 Å². The molecule has 1 fully saturated rings. The molecule has 2 aliphatic rings. The summed E-state index contributed by atoms with van der Waals surface area (Å²) in [6.07, 6.45) is 7.13. The molecule has 1 aromatic heterocycles. The van der Waals surface area contributed by atoms with E-state index < -0.39 is 5.60 Å². The first-order valence-corrected chi connectivity index (χ1v) is 12.4. The zero-order chi connectivity index (χ0) is 25.1. The van der Waals surface area contributed by atoms with Crippen LogP contribution in [0.2, 0.25) is 0 Å². The Kier molecular flexibility index (Phi) is 6.55. The molecular weight excluding hydrogens is 450 g/mol. The predicted molar refractivity (Wildman–Crippen MR) is 141 cm³/mol. The molecule has 184 valence electrons. The van der Waals surface area contributed by atoms with Crippen molar-refractivity contribution in [3.05, 3.63) is 89.3 Å². The molecule has 1 aliphatic heterocycles. The van der Waals surface area contributed by atoms with Crippen LogP contribution in [0.5, 0.6) is 5.88 Å². The summed E-state index contributed by atoms with van der Waals surface area (Å²) in [6, 6.07) is 18.5. The lowest BCUT2D eigenvalue weighted by molar-refractivity contribution is -0.116. The fourth-order valence-electron chi connectivity index (χ4n) is 4.90. The highest BCUT2D eigenvalue weighted by atomic mass is 16.5. The lowest BCUT2D eigenvalue weighted by Crippen LogP contribution is -2.41. The SMILES string of the molecule is CC1(C)Oc2ncnc(N)c2N=C1c1ccc(C2CCC(=CC(=O)NCc3ccccc3)CC2)cc1. The lowest BCUT2D eigenvalue weighted by Gasteiger charge is -2.32. The summed E-state index contributed by atoms with van der Waals surface area (Å²) in [7, 11) is 0. The number of aliphatic imine (C=N–C) groups is 1. The molecule has 1 saturated carbocycles. The summed E-state index contributed by atoms with van der Waals surface area (Å²) >= 11 is 0. The van der Waals surface area contributed by atoms with E-state index in [1.807, 2.05) is 44.2 Å². The van der Waals surface area contributed by atoms with Gasteiger partial charge in [0.15, 0.2) is 11.5 Å². The Bertz CT molecular complexity index is 1300. The van der Waals surface area contributed by atoms with E-state index in [1.165, 1.54) is 17.5 Å². The molecule has 0 unspecified atom stereocenters. The van der Waals surface area contributed by atoms with Gasteiger partial charge in [-0.25, -0.2) is 9.98 Å². The van der Waals surface area contributed by atoms with Crippen LogP contribution in [0.15, 0.2) is 77.6 Å². The van der Waals surface area contributed by atoms with Crippen LogP contribution < -0.4 is 15.8 Å². The number of fused-ring (bicyclic) bond motifs is 1. The minimum atomic E-state index is -0.638. The third-order valence-corrected chi connectivity index (χ3v) is 6.89. The summed E-state index contributed by atoms with van der Waals surface area (Å²) in [5.41, 5.74) is 11.3. The van der Waals surface area contributed by atoms with E-state index in [-0.39, 0.29) is 5.91 Å². The highest BCUT2D eigenvalue weighted by Crippen LogP contribution is 2.40. The van der Waals surface area contributed by atoms with E-state index in [2.05, 4.69) is 39.6 Å². The van der Waals surface area contributed by atoms with Crippen molar-refractivity contribution in [3.8, 4) is 5.88 Å². The molecule has 7 heteroatoms. The number of amides is 1. The molecule has 0 spiro atoms. The van der Waals surface area contributed by atoms with Crippen LogP contribution in [-0.2, 0) is 11.3 Å². The quantitative estimate of drug-likeness (QED) is 0.485. The van der Waals surface area contributed by atoms with E-state index >= 15 is 0 Å². The van der Waals surface area contributed by atoms with Crippen LogP contribution >= 0.6 is 0 Å². The molecule has 0 saturated heterocycles. The number of nitrogens with zero attached hydrogens (tertiary/aromatic N) is 3. The molecule has 36 heavy (non-hydrogen) atoms. The Hall–Kier alpha value is -4.00. The monoisotopic (exact) mass is 481 g/mol. The van der Waals surface area contributed by atoms with Gasteiger partial charge in [-0.1, -0.05) is 60.2 Å². The number of hydrogen-bond acceptors (Lipinski definition) is 6. The smallest absolute Gasteiger partial charge is 0.246 e. The van der Waals surface area contributed by atoms with Crippen molar-refractivity contribution in [1.29, 1.82) is 0 Å². The third-order valence-electron chi connectivity index (χ3n) is 6.89. The highest BCUT2D eigenvalue weighted by Gasteiger charge is 2.35. The normalized spacial score (nSPS) is 18.4. The molecule has 3 aromatic rings. The minimum absolute atomic E-state index is 0.0117. The van der Waals surface area contributed by atoms with Crippen molar-refractivity contribution in [2.24, 2.45) is 4.99 Å². The first kappa shape index (κ1) is 23.7. The minimum Gasteiger partial charge on any atom is -0.463 e. The number of aromatic nitrogens is 2. The number of nitrogens with one attached hydrogen (secondary N) is 1. The second-order valence-corrected chi connectivity index (χ2v) is 9.89. The highest BCUT2D eigenvalue weighted by molar-refractivity contribution is 6.09. The number of carbonyl (C=O) groups excluding carboxylic acids is 1. The third kappa shape index (κ3) is 5.15. The number of carbonyl (C=O) groups is 1. The number of allylic oxidation sites excluding steroid dienone is 1. The maximum absolute atomic E-state index is 12.3. The second-order valence-electron chi connectivity index (χ2n) is 9.89. The largest absolute Gasteiger partial charge is 0.463 e. The van der Waals surface area contributed by atoms with Crippen LogP contribution in [0, 0.1) is 0 Å².